The van der Waals surface area contributed by atoms with Gasteiger partial charge in [0, 0.05) is 6.20 Å². The summed E-state index contributed by atoms with van der Waals surface area (Å²) < 4.78 is 0. The van der Waals surface area contributed by atoms with Crippen molar-refractivity contribution in [1.29, 1.82) is 0 Å². The number of nitrogens with one attached hydrogen (secondary N) is 1. The Balaban J connectivity index is 2.05. The van der Waals surface area contributed by atoms with E-state index < -0.39 is 0 Å². The van der Waals surface area contributed by atoms with E-state index in [1.54, 1.807) is 12.1 Å². The maximum Gasteiger partial charge on any atom is 0.229 e. The molecule has 0 bridgehead atoms. The van der Waals surface area contributed by atoms with Crippen LogP contribution in [0.4, 0.5) is 5.82 Å². The minimum atomic E-state index is 0.0138. The van der Waals surface area contributed by atoms with Gasteiger partial charge in [-0.3, -0.25) is 4.79 Å². The van der Waals surface area contributed by atoms with E-state index in [1.807, 2.05) is 0 Å². The molecule has 1 aromatic heterocycles. The Hall–Kier alpha value is -1.35. The predicted octanol–water partition coefficient (Wildman–Crippen LogP) is 3.91. The SMILES string of the molecule is CC(C)=C[C@@H]1[C@H](C(=O)Nc2ccc(Cl)cn2)C1(C)C. The summed E-state index contributed by atoms with van der Waals surface area (Å²) in [6, 6.07) is 3.43. The topological polar surface area (TPSA) is 42.0 Å². The molecule has 0 aromatic carbocycles. The monoisotopic (exact) mass is 278 g/mol. The zero-order valence-electron chi connectivity index (χ0n) is 11.7. The van der Waals surface area contributed by atoms with Crippen molar-refractivity contribution in [1.82, 2.24) is 4.98 Å². The first-order valence-electron chi connectivity index (χ1n) is 6.40. The fraction of sp³-hybridized carbons (Fsp3) is 0.467. The van der Waals surface area contributed by atoms with Crippen LogP contribution >= 0.6 is 11.6 Å². The summed E-state index contributed by atoms with van der Waals surface area (Å²) >= 11 is 5.77. The number of aromatic nitrogens is 1. The first kappa shape index (κ1) is 14.1. The molecule has 1 fully saturated rings. The number of hydrogen-bond donors (Lipinski definition) is 1. The minimum absolute atomic E-state index is 0.0138. The highest BCUT2D eigenvalue weighted by Crippen LogP contribution is 2.59. The van der Waals surface area contributed by atoms with Gasteiger partial charge in [-0.1, -0.05) is 37.1 Å². The summed E-state index contributed by atoms with van der Waals surface area (Å²) in [4.78, 5) is 16.3. The van der Waals surface area contributed by atoms with Crippen molar-refractivity contribution in [3.63, 3.8) is 0 Å². The lowest BCUT2D eigenvalue weighted by Crippen LogP contribution is -2.17. The van der Waals surface area contributed by atoms with Gasteiger partial charge in [0.2, 0.25) is 5.91 Å². The number of hydrogen-bond acceptors (Lipinski definition) is 2. The fourth-order valence-corrected chi connectivity index (χ4v) is 2.61. The van der Waals surface area contributed by atoms with E-state index in [0.29, 0.717) is 16.8 Å². The van der Waals surface area contributed by atoms with E-state index in [2.05, 4.69) is 44.1 Å². The van der Waals surface area contributed by atoms with Gasteiger partial charge in [0.05, 0.1) is 10.9 Å². The molecule has 1 saturated carbocycles. The maximum absolute atomic E-state index is 12.3. The predicted molar refractivity (Wildman–Crippen MR) is 78.1 cm³/mol. The molecule has 1 aliphatic rings. The quantitative estimate of drug-likeness (QED) is 0.852. The lowest BCUT2D eigenvalue weighted by Gasteiger charge is -2.05. The average molecular weight is 279 g/mol. The molecule has 1 aromatic rings. The molecule has 1 heterocycles. The van der Waals surface area contributed by atoms with Gasteiger partial charge in [-0.2, -0.15) is 0 Å². The number of rotatable bonds is 3. The number of nitrogens with zero attached hydrogens (tertiary/aromatic N) is 1. The highest BCUT2D eigenvalue weighted by molar-refractivity contribution is 6.30. The van der Waals surface area contributed by atoms with E-state index in [0.717, 1.165) is 0 Å². The average Bonchev–Trinajstić information content (AvgIpc) is 2.83. The van der Waals surface area contributed by atoms with Gasteiger partial charge < -0.3 is 5.32 Å². The molecule has 2 rings (SSSR count). The number of carbonyl (C=O) groups excluding carboxylic acids is 1. The van der Waals surface area contributed by atoms with Gasteiger partial charge in [-0.15, -0.1) is 0 Å². The van der Waals surface area contributed by atoms with Crippen LogP contribution in [0, 0.1) is 17.3 Å². The number of amides is 1. The third kappa shape index (κ3) is 2.98. The molecule has 0 saturated heterocycles. The van der Waals surface area contributed by atoms with Gasteiger partial charge >= 0.3 is 0 Å². The third-order valence-electron chi connectivity index (χ3n) is 3.68. The molecule has 2 atom stereocenters. The number of allylic oxidation sites excluding steroid dienone is 2. The minimum Gasteiger partial charge on any atom is -0.310 e. The molecule has 0 spiro atoms. The van der Waals surface area contributed by atoms with Crippen LogP contribution in [0.2, 0.25) is 5.02 Å². The molecule has 1 amide bonds. The first-order valence-corrected chi connectivity index (χ1v) is 6.77. The molecule has 102 valence electrons. The number of carbonyl (C=O) groups is 1. The Bertz CT molecular complexity index is 515. The van der Waals surface area contributed by atoms with E-state index in [9.17, 15) is 4.79 Å². The maximum atomic E-state index is 12.3. The molecule has 3 nitrogen and oxygen atoms in total. The summed E-state index contributed by atoms with van der Waals surface area (Å²) in [6.07, 6.45) is 3.71. The number of halogens is 1. The largest absolute Gasteiger partial charge is 0.310 e. The Morgan fingerprint density at radius 3 is 2.63 bits per heavy atom. The van der Waals surface area contributed by atoms with Crippen molar-refractivity contribution in [3.8, 4) is 0 Å². The second-order valence-corrected chi connectivity index (χ2v) is 6.36. The van der Waals surface area contributed by atoms with Crippen LogP contribution in [-0.4, -0.2) is 10.9 Å². The van der Waals surface area contributed by atoms with Crippen molar-refractivity contribution in [2.45, 2.75) is 27.7 Å². The van der Waals surface area contributed by atoms with Crippen LogP contribution in [0.3, 0.4) is 0 Å². The number of anilines is 1. The molecular weight excluding hydrogens is 260 g/mol. The van der Waals surface area contributed by atoms with Crippen LogP contribution in [0.15, 0.2) is 30.0 Å². The van der Waals surface area contributed by atoms with E-state index in [-0.39, 0.29) is 17.2 Å². The second-order valence-electron chi connectivity index (χ2n) is 5.92. The first-order chi connectivity index (χ1) is 8.82. The summed E-state index contributed by atoms with van der Waals surface area (Å²) in [5, 5.41) is 3.41. The fourth-order valence-electron chi connectivity index (χ4n) is 2.50. The molecule has 4 heteroatoms. The zero-order chi connectivity index (χ0) is 14.2. The van der Waals surface area contributed by atoms with Gasteiger partial charge in [0.15, 0.2) is 0 Å². The van der Waals surface area contributed by atoms with Gasteiger partial charge in [-0.25, -0.2) is 4.98 Å². The van der Waals surface area contributed by atoms with Crippen molar-refractivity contribution >= 4 is 23.3 Å². The van der Waals surface area contributed by atoms with E-state index in [4.69, 9.17) is 11.6 Å². The molecule has 19 heavy (non-hydrogen) atoms. The third-order valence-corrected chi connectivity index (χ3v) is 3.91. The molecule has 0 unspecified atom stereocenters. The van der Waals surface area contributed by atoms with E-state index in [1.165, 1.54) is 11.8 Å². The Morgan fingerprint density at radius 2 is 2.11 bits per heavy atom. The van der Waals surface area contributed by atoms with Crippen LogP contribution < -0.4 is 5.32 Å². The summed E-state index contributed by atoms with van der Waals surface area (Å²) in [6.45, 7) is 8.36. The molecule has 0 radical (unpaired) electrons. The summed E-state index contributed by atoms with van der Waals surface area (Å²) in [5.41, 5.74) is 1.27. The van der Waals surface area contributed by atoms with Crippen LogP contribution in [-0.2, 0) is 4.79 Å². The van der Waals surface area contributed by atoms with E-state index >= 15 is 0 Å². The van der Waals surface area contributed by atoms with Crippen molar-refractivity contribution in [2.24, 2.45) is 17.3 Å². The van der Waals surface area contributed by atoms with Crippen LogP contribution in [0.5, 0.6) is 0 Å². The van der Waals surface area contributed by atoms with Gasteiger partial charge in [0.1, 0.15) is 5.82 Å². The van der Waals surface area contributed by atoms with Gasteiger partial charge in [0.25, 0.3) is 0 Å². The normalized spacial score (nSPS) is 23.6. The lowest BCUT2D eigenvalue weighted by molar-refractivity contribution is -0.118. The summed E-state index contributed by atoms with van der Waals surface area (Å²) in [7, 11) is 0. The Labute approximate surface area is 119 Å². The van der Waals surface area contributed by atoms with Crippen LogP contribution in [0.1, 0.15) is 27.7 Å². The highest BCUT2D eigenvalue weighted by atomic mass is 35.5. The van der Waals surface area contributed by atoms with Crippen molar-refractivity contribution < 1.29 is 4.79 Å². The molecule has 1 aliphatic carbocycles. The van der Waals surface area contributed by atoms with Gasteiger partial charge in [-0.05, 0) is 37.3 Å². The molecule has 1 N–H and O–H groups in total. The van der Waals surface area contributed by atoms with Crippen LogP contribution in [0.25, 0.3) is 0 Å². The smallest absolute Gasteiger partial charge is 0.229 e. The molecular formula is C15H19ClN2O. The zero-order valence-corrected chi connectivity index (χ0v) is 12.5. The Morgan fingerprint density at radius 1 is 1.42 bits per heavy atom. The lowest BCUT2D eigenvalue weighted by atomic mass is 10.1. The second kappa shape index (κ2) is 4.97. The van der Waals surface area contributed by atoms with Crippen molar-refractivity contribution in [3.05, 3.63) is 35.0 Å². The number of pyridine rings is 1. The highest BCUT2D eigenvalue weighted by Gasteiger charge is 2.60. The Kier molecular flexibility index (Phi) is 3.68. The van der Waals surface area contributed by atoms with Crippen molar-refractivity contribution in [2.75, 3.05) is 5.32 Å². The summed E-state index contributed by atoms with van der Waals surface area (Å²) in [5.74, 6) is 0.903. The molecule has 0 aliphatic heterocycles. The standard InChI is InChI=1S/C15H19ClN2O/c1-9(2)7-11-13(15(11,3)4)14(19)18-12-6-5-10(16)8-17-12/h5-8,11,13H,1-4H3,(H,17,18,19)/t11-,13-/m1/s1.